The molecule has 1 saturated heterocycles. The lowest BCUT2D eigenvalue weighted by Gasteiger charge is -2.13. The highest BCUT2D eigenvalue weighted by Gasteiger charge is 2.17. The van der Waals surface area contributed by atoms with Gasteiger partial charge in [-0.05, 0) is 56.1 Å². The molecule has 3 rings (SSSR count). The molecular formula is C21H27N3O3. The van der Waals surface area contributed by atoms with Crippen molar-refractivity contribution in [3.63, 3.8) is 0 Å². The zero-order chi connectivity index (χ0) is 18.9. The Hall–Kier alpha value is -2.60. The van der Waals surface area contributed by atoms with Gasteiger partial charge >= 0.3 is 0 Å². The van der Waals surface area contributed by atoms with Gasteiger partial charge in [0.05, 0.1) is 6.61 Å². The lowest BCUT2D eigenvalue weighted by atomic mass is 10.1. The van der Waals surface area contributed by atoms with Crippen molar-refractivity contribution in [3.8, 4) is 17.4 Å². The van der Waals surface area contributed by atoms with Crippen LogP contribution in [0.1, 0.15) is 38.2 Å². The minimum Gasteiger partial charge on any atom is -0.494 e. The molecule has 144 valence electrons. The van der Waals surface area contributed by atoms with E-state index < -0.39 is 0 Å². The molecule has 1 amide bonds. The van der Waals surface area contributed by atoms with Gasteiger partial charge in [0.1, 0.15) is 11.5 Å². The standard InChI is InChI=1S/C21H27N3O3/c1-2-13-26-18-7-9-19(10-8-18)27-21-16(5-3-12-23-21)15-24-20(25)14-17-6-4-11-22-17/h3,5,7-10,12,17,22H,2,4,6,11,13-15H2,1H3,(H,24,25). The van der Waals surface area contributed by atoms with Crippen molar-refractivity contribution >= 4 is 5.91 Å². The quantitative estimate of drug-likeness (QED) is 0.709. The summed E-state index contributed by atoms with van der Waals surface area (Å²) in [5, 5.41) is 6.30. The molecule has 0 aliphatic carbocycles. The molecule has 2 aromatic rings. The van der Waals surface area contributed by atoms with Crippen molar-refractivity contribution in [2.24, 2.45) is 0 Å². The number of pyridine rings is 1. The van der Waals surface area contributed by atoms with Gasteiger partial charge in [-0.25, -0.2) is 4.98 Å². The van der Waals surface area contributed by atoms with Crippen LogP contribution < -0.4 is 20.1 Å². The number of benzene rings is 1. The van der Waals surface area contributed by atoms with Gasteiger partial charge in [0.2, 0.25) is 11.8 Å². The average molecular weight is 369 g/mol. The average Bonchev–Trinajstić information content (AvgIpc) is 3.20. The molecule has 1 aromatic heterocycles. The van der Waals surface area contributed by atoms with Crippen LogP contribution in [0.3, 0.4) is 0 Å². The third kappa shape index (κ3) is 5.96. The predicted molar refractivity (Wildman–Crippen MR) is 104 cm³/mol. The molecule has 1 aromatic carbocycles. The Morgan fingerprint density at radius 1 is 1.26 bits per heavy atom. The molecule has 1 unspecified atom stereocenters. The minimum atomic E-state index is 0.0432. The largest absolute Gasteiger partial charge is 0.494 e. The Balaban J connectivity index is 1.56. The van der Waals surface area contributed by atoms with Crippen molar-refractivity contribution < 1.29 is 14.3 Å². The number of nitrogens with one attached hydrogen (secondary N) is 2. The van der Waals surface area contributed by atoms with E-state index in [4.69, 9.17) is 9.47 Å². The van der Waals surface area contributed by atoms with E-state index in [1.807, 2.05) is 36.4 Å². The minimum absolute atomic E-state index is 0.0432. The Bertz CT molecular complexity index is 728. The molecule has 6 heteroatoms. The van der Waals surface area contributed by atoms with Crippen LogP contribution >= 0.6 is 0 Å². The maximum Gasteiger partial charge on any atom is 0.224 e. The molecule has 1 aliphatic heterocycles. The number of carbonyl (C=O) groups excluding carboxylic acids is 1. The summed E-state index contributed by atoms with van der Waals surface area (Å²) < 4.78 is 11.5. The number of rotatable bonds is 9. The monoisotopic (exact) mass is 369 g/mol. The molecule has 1 fully saturated rings. The summed E-state index contributed by atoms with van der Waals surface area (Å²) in [5.41, 5.74) is 0.844. The lowest BCUT2D eigenvalue weighted by Crippen LogP contribution is -2.31. The highest BCUT2D eigenvalue weighted by Crippen LogP contribution is 2.25. The smallest absolute Gasteiger partial charge is 0.224 e. The van der Waals surface area contributed by atoms with Gasteiger partial charge in [0.25, 0.3) is 0 Å². The summed E-state index contributed by atoms with van der Waals surface area (Å²) in [6.07, 6.45) is 5.36. The van der Waals surface area contributed by atoms with E-state index in [2.05, 4.69) is 22.5 Å². The second kappa shape index (κ2) is 9.92. The first kappa shape index (κ1) is 19.2. The van der Waals surface area contributed by atoms with E-state index in [0.717, 1.165) is 37.1 Å². The molecule has 2 N–H and O–H groups in total. The van der Waals surface area contributed by atoms with Crippen molar-refractivity contribution in [2.75, 3.05) is 13.2 Å². The van der Waals surface area contributed by atoms with Crippen molar-refractivity contribution in [2.45, 2.75) is 45.2 Å². The van der Waals surface area contributed by atoms with Crippen LogP contribution in [0.4, 0.5) is 0 Å². The number of hydrogen-bond donors (Lipinski definition) is 2. The van der Waals surface area contributed by atoms with Crippen LogP contribution in [-0.4, -0.2) is 30.1 Å². The van der Waals surface area contributed by atoms with Crippen LogP contribution in [0.5, 0.6) is 17.4 Å². The van der Waals surface area contributed by atoms with Gasteiger partial charge in [-0.1, -0.05) is 13.0 Å². The zero-order valence-electron chi connectivity index (χ0n) is 15.7. The van der Waals surface area contributed by atoms with Crippen molar-refractivity contribution in [3.05, 3.63) is 48.2 Å². The van der Waals surface area contributed by atoms with Crippen LogP contribution in [-0.2, 0) is 11.3 Å². The number of aromatic nitrogens is 1. The van der Waals surface area contributed by atoms with Gasteiger partial charge in [-0.3, -0.25) is 4.79 Å². The summed E-state index contributed by atoms with van der Waals surface area (Å²) in [6.45, 7) is 4.16. The Labute approximate surface area is 160 Å². The maximum atomic E-state index is 12.1. The van der Waals surface area contributed by atoms with Crippen LogP contribution in [0.25, 0.3) is 0 Å². The van der Waals surface area contributed by atoms with Gasteiger partial charge in [0.15, 0.2) is 0 Å². The second-order valence-corrected chi connectivity index (χ2v) is 6.66. The molecule has 0 saturated carbocycles. The molecule has 0 radical (unpaired) electrons. The van der Waals surface area contributed by atoms with E-state index in [1.54, 1.807) is 6.20 Å². The molecule has 1 atom stereocenters. The highest BCUT2D eigenvalue weighted by molar-refractivity contribution is 5.76. The molecule has 6 nitrogen and oxygen atoms in total. The van der Waals surface area contributed by atoms with E-state index in [0.29, 0.717) is 37.2 Å². The predicted octanol–water partition coefficient (Wildman–Crippen LogP) is 3.42. The molecule has 0 spiro atoms. The lowest BCUT2D eigenvalue weighted by molar-refractivity contribution is -0.121. The fraction of sp³-hybridized carbons (Fsp3) is 0.429. The van der Waals surface area contributed by atoms with E-state index in [-0.39, 0.29) is 5.91 Å². The summed E-state index contributed by atoms with van der Waals surface area (Å²) >= 11 is 0. The number of amides is 1. The van der Waals surface area contributed by atoms with Crippen LogP contribution in [0.2, 0.25) is 0 Å². The van der Waals surface area contributed by atoms with Gasteiger partial charge in [-0.2, -0.15) is 0 Å². The summed E-state index contributed by atoms with van der Waals surface area (Å²) in [7, 11) is 0. The highest BCUT2D eigenvalue weighted by atomic mass is 16.5. The van der Waals surface area contributed by atoms with Gasteiger partial charge in [-0.15, -0.1) is 0 Å². The number of carbonyl (C=O) groups is 1. The van der Waals surface area contributed by atoms with E-state index >= 15 is 0 Å². The van der Waals surface area contributed by atoms with Crippen LogP contribution in [0, 0.1) is 0 Å². The van der Waals surface area contributed by atoms with Crippen molar-refractivity contribution in [1.29, 1.82) is 0 Å². The SMILES string of the molecule is CCCOc1ccc(Oc2ncccc2CNC(=O)CC2CCCN2)cc1. The summed E-state index contributed by atoms with van der Waals surface area (Å²) in [5.74, 6) is 2.04. The first-order valence-corrected chi connectivity index (χ1v) is 9.59. The van der Waals surface area contributed by atoms with E-state index in [1.165, 1.54) is 0 Å². The van der Waals surface area contributed by atoms with Gasteiger partial charge < -0.3 is 20.1 Å². The topological polar surface area (TPSA) is 72.5 Å². The van der Waals surface area contributed by atoms with Crippen LogP contribution in [0.15, 0.2) is 42.6 Å². The van der Waals surface area contributed by atoms with Gasteiger partial charge in [0, 0.05) is 30.8 Å². The maximum absolute atomic E-state index is 12.1. The first-order valence-electron chi connectivity index (χ1n) is 9.59. The Kier molecular flexibility index (Phi) is 7.04. The fourth-order valence-corrected chi connectivity index (χ4v) is 3.01. The summed E-state index contributed by atoms with van der Waals surface area (Å²) in [6, 6.07) is 11.5. The third-order valence-corrected chi connectivity index (χ3v) is 4.43. The number of hydrogen-bond acceptors (Lipinski definition) is 5. The zero-order valence-corrected chi connectivity index (χ0v) is 15.7. The Morgan fingerprint density at radius 3 is 2.81 bits per heavy atom. The van der Waals surface area contributed by atoms with Crippen molar-refractivity contribution in [1.82, 2.24) is 15.6 Å². The number of ether oxygens (including phenoxy) is 2. The molecule has 0 bridgehead atoms. The molecular weight excluding hydrogens is 342 g/mol. The second-order valence-electron chi connectivity index (χ2n) is 6.66. The number of nitrogens with zero attached hydrogens (tertiary/aromatic N) is 1. The molecule has 2 heterocycles. The normalized spacial score (nSPS) is 16.1. The fourth-order valence-electron chi connectivity index (χ4n) is 3.01. The third-order valence-electron chi connectivity index (χ3n) is 4.43. The van der Waals surface area contributed by atoms with E-state index in [9.17, 15) is 4.79 Å². The summed E-state index contributed by atoms with van der Waals surface area (Å²) in [4.78, 5) is 16.4. The molecule has 27 heavy (non-hydrogen) atoms. The Morgan fingerprint density at radius 2 is 2.07 bits per heavy atom. The first-order chi connectivity index (χ1) is 13.2. The molecule has 1 aliphatic rings.